The Morgan fingerprint density at radius 2 is 1.83 bits per heavy atom. The zero-order valence-corrected chi connectivity index (χ0v) is 14.1. The van der Waals surface area contributed by atoms with Gasteiger partial charge < -0.3 is 14.8 Å². The monoisotopic (exact) mass is 349 g/mol. The van der Waals surface area contributed by atoms with Gasteiger partial charge in [0.15, 0.2) is 11.5 Å². The third-order valence-corrected chi connectivity index (χ3v) is 4.67. The number of amides is 1. The minimum atomic E-state index is -0.232. The molecule has 0 spiro atoms. The van der Waals surface area contributed by atoms with Crippen LogP contribution in [0.15, 0.2) is 47.4 Å². The van der Waals surface area contributed by atoms with Crippen LogP contribution >= 0.6 is 23.4 Å². The number of hydrogen-bond acceptors (Lipinski definition) is 4. The molecule has 0 fully saturated rings. The lowest BCUT2D eigenvalue weighted by Gasteiger charge is -2.19. The van der Waals surface area contributed by atoms with Crippen LogP contribution in [-0.2, 0) is 4.79 Å². The van der Waals surface area contributed by atoms with Crippen LogP contribution in [0.5, 0.6) is 11.5 Å². The molecule has 1 heterocycles. The second-order valence-electron chi connectivity index (χ2n) is 5.06. The summed E-state index contributed by atoms with van der Waals surface area (Å²) in [5, 5.41) is 3.35. The highest BCUT2D eigenvalue weighted by Gasteiger charge is 2.17. The van der Waals surface area contributed by atoms with Crippen molar-refractivity contribution in [1.29, 1.82) is 0 Å². The third-order valence-electron chi connectivity index (χ3n) is 3.31. The quantitative estimate of drug-likeness (QED) is 0.839. The number of halogens is 1. The van der Waals surface area contributed by atoms with Crippen molar-refractivity contribution in [3.8, 4) is 11.5 Å². The average molecular weight is 350 g/mol. The van der Waals surface area contributed by atoms with Crippen LogP contribution in [0, 0.1) is 0 Å². The van der Waals surface area contributed by atoms with Gasteiger partial charge in [0, 0.05) is 21.7 Å². The van der Waals surface area contributed by atoms with Gasteiger partial charge in [0.1, 0.15) is 13.2 Å². The molecule has 1 amide bonds. The van der Waals surface area contributed by atoms with E-state index in [-0.39, 0.29) is 11.2 Å². The maximum Gasteiger partial charge on any atom is 0.237 e. The molecule has 23 heavy (non-hydrogen) atoms. The fraction of sp³-hybridized carbons (Fsp3) is 0.235. The van der Waals surface area contributed by atoms with E-state index in [1.165, 1.54) is 11.8 Å². The van der Waals surface area contributed by atoms with E-state index >= 15 is 0 Å². The van der Waals surface area contributed by atoms with Crippen LogP contribution in [-0.4, -0.2) is 24.4 Å². The van der Waals surface area contributed by atoms with Gasteiger partial charge in [0.05, 0.1) is 5.25 Å². The highest BCUT2D eigenvalue weighted by Crippen LogP contribution is 2.33. The lowest BCUT2D eigenvalue weighted by molar-refractivity contribution is -0.115. The molecule has 0 radical (unpaired) electrons. The van der Waals surface area contributed by atoms with Crippen molar-refractivity contribution in [2.45, 2.75) is 17.1 Å². The molecule has 0 aromatic heterocycles. The van der Waals surface area contributed by atoms with E-state index in [9.17, 15) is 4.79 Å². The van der Waals surface area contributed by atoms with Crippen LogP contribution in [0.3, 0.4) is 0 Å². The van der Waals surface area contributed by atoms with Crippen LogP contribution in [0.1, 0.15) is 6.92 Å². The molecule has 1 atom stereocenters. The minimum absolute atomic E-state index is 0.0679. The standard InChI is InChI=1S/C17H16ClNO3S/c1-11(23-14-5-2-12(18)3-6-14)17(20)19-13-4-7-15-16(10-13)22-9-8-21-15/h2-7,10-11H,8-9H2,1H3,(H,19,20). The van der Waals surface area contributed by atoms with Gasteiger partial charge in [-0.25, -0.2) is 0 Å². The first-order valence-corrected chi connectivity index (χ1v) is 8.50. The summed E-state index contributed by atoms with van der Waals surface area (Å²) in [5.41, 5.74) is 0.697. The fourth-order valence-electron chi connectivity index (χ4n) is 2.14. The topological polar surface area (TPSA) is 47.6 Å². The third kappa shape index (κ3) is 4.12. The van der Waals surface area contributed by atoms with E-state index in [0.29, 0.717) is 35.4 Å². The minimum Gasteiger partial charge on any atom is -0.486 e. The molecule has 2 aromatic rings. The number of rotatable bonds is 4. The number of anilines is 1. The number of thioether (sulfide) groups is 1. The fourth-order valence-corrected chi connectivity index (χ4v) is 3.13. The summed E-state index contributed by atoms with van der Waals surface area (Å²) in [6.45, 7) is 2.94. The molecule has 3 rings (SSSR count). The van der Waals surface area contributed by atoms with E-state index in [1.807, 2.05) is 37.3 Å². The second kappa shape index (κ2) is 7.15. The van der Waals surface area contributed by atoms with E-state index in [2.05, 4.69) is 5.32 Å². The summed E-state index contributed by atoms with van der Waals surface area (Å²) in [5.74, 6) is 1.30. The smallest absolute Gasteiger partial charge is 0.237 e. The number of benzene rings is 2. The molecule has 6 heteroatoms. The zero-order valence-electron chi connectivity index (χ0n) is 12.5. The van der Waals surface area contributed by atoms with Crippen molar-refractivity contribution in [1.82, 2.24) is 0 Å². The molecular weight excluding hydrogens is 334 g/mol. The number of hydrogen-bond donors (Lipinski definition) is 1. The van der Waals surface area contributed by atoms with E-state index in [0.717, 1.165) is 4.90 Å². The van der Waals surface area contributed by atoms with Crippen LogP contribution in [0.2, 0.25) is 5.02 Å². The van der Waals surface area contributed by atoms with Crippen molar-refractivity contribution in [2.75, 3.05) is 18.5 Å². The molecule has 1 aliphatic heterocycles. The molecule has 2 aromatic carbocycles. The van der Waals surface area contributed by atoms with Crippen molar-refractivity contribution >= 4 is 35.0 Å². The predicted molar refractivity (Wildman–Crippen MR) is 92.8 cm³/mol. The maximum atomic E-state index is 12.3. The number of nitrogens with one attached hydrogen (secondary N) is 1. The summed E-state index contributed by atoms with van der Waals surface area (Å²) >= 11 is 7.35. The van der Waals surface area contributed by atoms with Gasteiger partial charge in [-0.05, 0) is 43.3 Å². The molecule has 1 aliphatic rings. The molecule has 1 N–H and O–H groups in total. The molecule has 0 saturated heterocycles. The molecule has 0 saturated carbocycles. The summed E-state index contributed by atoms with van der Waals surface area (Å²) in [4.78, 5) is 13.3. The zero-order chi connectivity index (χ0) is 16.2. The first-order valence-electron chi connectivity index (χ1n) is 7.24. The van der Waals surface area contributed by atoms with Gasteiger partial charge in [-0.3, -0.25) is 4.79 Å². The van der Waals surface area contributed by atoms with Gasteiger partial charge in [0.25, 0.3) is 0 Å². The van der Waals surface area contributed by atoms with Gasteiger partial charge in [0.2, 0.25) is 5.91 Å². The second-order valence-corrected chi connectivity index (χ2v) is 6.91. The predicted octanol–water partition coefficient (Wildman–Crippen LogP) is 4.23. The molecule has 1 unspecified atom stereocenters. The molecule has 0 bridgehead atoms. The highest BCUT2D eigenvalue weighted by molar-refractivity contribution is 8.00. The summed E-state index contributed by atoms with van der Waals surface area (Å²) in [6, 6.07) is 12.8. The summed E-state index contributed by atoms with van der Waals surface area (Å²) < 4.78 is 11.0. The van der Waals surface area contributed by atoms with Crippen LogP contribution in [0.25, 0.3) is 0 Å². The molecular formula is C17H16ClNO3S. The summed E-state index contributed by atoms with van der Waals surface area (Å²) in [7, 11) is 0. The Bertz CT molecular complexity index is 705. The largest absolute Gasteiger partial charge is 0.486 e. The van der Waals surface area contributed by atoms with E-state index in [4.69, 9.17) is 21.1 Å². The Labute approximate surface area is 144 Å². The summed E-state index contributed by atoms with van der Waals surface area (Å²) in [6.07, 6.45) is 0. The molecule has 4 nitrogen and oxygen atoms in total. The van der Waals surface area contributed by atoms with Gasteiger partial charge in [-0.1, -0.05) is 11.6 Å². The maximum absolute atomic E-state index is 12.3. The number of fused-ring (bicyclic) bond motifs is 1. The number of carbonyl (C=O) groups excluding carboxylic acids is 1. The Balaban J connectivity index is 1.63. The Kier molecular flexibility index (Phi) is 4.98. The number of ether oxygens (including phenoxy) is 2. The normalized spacial score (nSPS) is 14.2. The van der Waals surface area contributed by atoms with Crippen LogP contribution < -0.4 is 14.8 Å². The number of carbonyl (C=O) groups is 1. The average Bonchev–Trinajstić information content (AvgIpc) is 2.56. The Morgan fingerprint density at radius 3 is 2.57 bits per heavy atom. The first-order chi connectivity index (χ1) is 11.1. The van der Waals surface area contributed by atoms with Crippen molar-refractivity contribution in [3.63, 3.8) is 0 Å². The van der Waals surface area contributed by atoms with Crippen LogP contribution in [0.4, 0.5) is 5.69 Å². The highest BCUT2D eigenvalue weighted by atomic mass is 35.5. The van der Waals surface area contributed by atoms with Gasteiger partial charge in [-0.15, -0.1) is 11.8 Å². The van der Waals surface area contributed by atoms with Gasteiger partial charge in [-0.2, -0.15) is 0 Å². The van der Waals surface area contributed by atoms with Crippen molar-refractivity contribution in [3.05, 3.63) is 47.5 Å². The lowest BCUT2D eigenvalue weighted by atomic mass is 10.2. The molecule has 0 aliphatic carbocycles. The SMILES string of the molecule is CC(Sc1ccc(Cl)cc1)C(=O)Nc1ccc2c(c1)OCCO2. The van der Waals surface area contributed by atoms with Crippen molar-refractivity contribution < 1.29 is 14.3 Å². The Morgan fingerprint density at radius 1 is 1.13 bits per heavy atom. The lowest BCUT2D eigenvalue weighted by Crippen LogP contribution is -2.22. The Hall–Kier alpha value is -1.85. The van der Waals surface area contributed by atoms with E-state index < -0.39 is 0 Å². The molecule has 120 valence electrons. The first kappa shape index (κ1) is 16.0. The van der Waals surface area contributed by atoms with E-state index in [1.54, 1.807) is 12.1 Å². The van der Waals surface area contributed by atoms with Gasteiger partial charge >= 0.3 is 0 Å². The van der Waals surface area contributed by atoms with Crippen molar-refractivity contribution in [2.24, 2.45) is 0 Å².